The smallest absolute Gasteiger partial charge is 0.145 e. The summed E-state index contributed by atoms with van der Waals surface area (Å²) < 4.78 is 11.3. The molecule has 0 saturated carbocycles. The van der Waals surface area contributed by atoms with Gasteiger partial charge in [-0.1, -0.05) is 48.0 Å². The fourth-order valence-corrected chi connectivity index (χ4v) is 2.39. The summed E-state index contributed by atoms with van der Waals surface area (Å²) in [6.07, 6.45) is 2.87. The highest BCUT2D eigenvalue weighted by Crippen LogP contribution is 2.30. The zero-order valence-electron chi connectivity index (χ0n) is 11.6. The first-order valence-electron chi connectivity index (χ1n) is 6.93. The third-order valence-corrected chi connectivity index (χ3v) is 3.54. The third-order valence-electron chi connectivity index (χ3n) is 3.33. The minimum absolute atomic E-state index is 0.476. The number of halogens is 1. The normalized spacial score (nSPS) is 14.6. The Balaban J connectivity index is 1.82. The van der Waals surface area contributed by atoms with Crippen LogP contribution in [0, 0.1) is 0 Å². The van der Waals surface area contributed by atoms with Crippen LogP contribution in [0.2, 0.25) is 5.15 Å². The molecular weight excluding hydrogens is 286 g/mol. The van der Waals surface area contributed by atoms with Gasteiger partial charge in [0.2, 0.25) is 0 Å². The Labute approximate surface area is 129 Å². The van der Waals surface area contributed by atoms with Crippen LogP contribution in [0.1, 0.15) is 17.7 Å². The second kappa shape index (κ2) is 6.74. The molecule has 3 nitrogen and oxygen atoms in total. The van der Waals surface area contributed by atoms with Crippen LogP contribution in [0.4, 0.5) is 0 Å². The second-order valence-electron chi connectivity index (χ2n) is 4.81. The molecule has 1 aliphatic rings. The molecule has 0 bridgehead atoms. The highest BCUT2D eigenvalue weighted by atomic mass is 35.5. The van der Waals surface area contributed by atoms with Gasteiger partial charge in [-0.05, 0) is 29.7 Å². The van der Waals surface area contributed by atoms with Gasteiger partial charge in [-0.25, -0.2) is 4.98 Å². The number of rotatable bonds is 4. The lowest BCUT2D eigenvalue weighted by Crippen LogP contribution is -2.07. The molecule has 0 radical (unpaired) electrons. The predicted octanol–water partition coefficient (Wildman–Crippen LogP) is 4.12. The highest BCUT2D eigenvalue weighted by molar-refractivity contribution is 6.29. The van der Waals surface area contributed by atoms with Crippen molar-refractivity contribution in [2.75, 3.05) is 13.2 Å². The Hall–Kier alpha value is -1.84. The average molecular weight is 302 g/mol. The first-order valence-corrected chi connectivity index (χ1v) is 7.31. The minimum atomic E-state index is 0.476. The van der Waals surface area contributed by atoms with Crippen molar-refractivity contribution >= 4 is 17.2 Å². The van der Waals surface area contributed by atoms with E-state index in [1.54, 1.807) is 6.07 Å². The maximum atomic E-state index is 6.03. The highest BCUT2D eigenvalue weighted by Gasteiger charge is 2.14. The summed E-state index contributed by atoms with van der Waals surface area (Å²) in [6, 6.07) is 13.7. The van der Waals surface area contributed by atoms with Crippen LogP contribution in [0.3, 0.4) is 0 Å². The standard InChI is InChI=1S/C17H16ClNO2/c18-16-7-6-15(21-12-13-4-2-1-3-5-13)17(19-16)14-8-10-20-11-9-14/h1-8H,9-12H2. The first kappa shape index (κ1) is 14.1. The number of ether oxygens (including phenoxy) is 2. The lowest BCUT2D eigenvalue weighted by Gasteiger charge is -2.16. The maximum Gasteiger partial charge on any atom is 0.145 e. The quantitative estimate of drug-likeness (QED) is 0.796. The number of aromatic nitrogens is 1. The molecule has 4 heteroatoms. The van der Waals surface area contributed by atoms with Crippen molar-refractivity contribution < 1.29 is 9.47 Å². The number of nitrogens with zero attached hydrogens (tertiary/aromatic N) is 1. The molecule has 21 heavy (non-hydrogen) atoms. The Morgan fingerprint density at radius 2 is 2.00 bits per heavy atom. The topological polar surface area (TPSA) is 31.4 Å². The molecular formula is C17H16ClNO2. The van der Waals surface area contributed by atoms with E-state index in [0.29, 0.717) is 25.0 Å². The molecule has 0 N–H and O–H groups in total. The molecule has 0 saturated heterocycles. The van der Waals surface area contributed by atoms with Crippen LogP contribution in [0.25, 0.3) is 5.57 Å². The van der Waals surface area contributed by atoms with Gasteiger partial charge in [0.05, 0.1) is 13.2 Å². The van der Waals surface area contributed by atoms with Gasteiger partial charge in [-0.2, -0.15) is 0 Å². The van der Waals surface area contributed by atoms with E-state index in [9.17, 15) is 0 Å². The number of pyridine rings is 1. The molecule has 0 unspecified atom stereocenters. The molecule has 0 spiro atoms. The third kappa shape index (κ3) is 3.63. The molecule has 0 amide bonds. The summed E-state index contributed by atoms with van der Waals surface area (Å²) >= 11 is 6.03. The van der Waals surface area contributed by atoms with Gasteiger partial charge in [0.1, 0.15) is 23.2 Å². The summed E-state index contributed by atoms with van der Waals surface area (Å²) in [5.41, 5.74) is 3.08. The zero-order valence-corrected chi connectivity index (χ0v) is 12.3. The van der Waals surface area contributed by atoms with Gasteiger partial charge in [0.25, 0.3) is 0 Å². The van der Waals surface area contributed by atoms with Crippen molar-refractivity contribution in [3.8, 4) is 5.75 Å². The van der Waals surface area contributed by atoms with E-state index in [-0.39, 0.29) is 0 Å². The predicted molar refractivity (Wildman–Crippen MR) is 83.4 cm³/mol. The van der Waals surface area contributed by atoms with Crippen LogP contribution < -0.4 is 4.74 Å². The van der Waals surface area contributed by atoms with Crippen molar-refractivity contribution in [1.29, 1.82) is 0 Å². The van der Waals surface area contributed by atoms with E-state index < -0.39 is 0 Å². The van der Waals surface area contributed by atoms with Gasteiger partial charge in [-0.3, -0.25) is 0 Å². The largest absolute Gasteiger partial charge is 0.487 e. The Morgan fingerprint density at radius 3 is 2.76 bits per heavy atom. The second-order valence-corrected chi connectivity index (χ2v) is 5.20. The van der Waals surface area contributed by atoms with Gasteiger partial charge in [0.15, 0.2) is 0 Å². The molecule has 1 aliphatic heterocycles. The molecule has 1 aromatic heterocycles. The number of benzene rings is 1. The van der Waals surface area contributed by atoms with E-state index in [1.807, 2.05) is 42.5 Å². The summed E-state index contributed by atoms with van der Waals surface area (Å²) in [5.74, 6) is 0.761. The van der Waals surface area contributed by atoms with Crippen molar-refractivity contribution in [2.24, 2.45) is 0 Å². The van der Waals surface area contributed by atoms with E-state index in [1.165, 1.54) is 0 Å². The number of hydrogen-bond donors (Lipinski definition) is 0. The maximum absolute atomic E-state index is 6.03. The summed E-state index contributed by atoms with van der Waals surface area (Å²) in [6.45, 7) is 1.83. The lowest BCUT2D eigenvalue weighted by atomic mass is 10.1. The van der Waals surface area contributed by atoms with Crippen molar-refractivity contribution in [3.05, 3.63) is 65.0 Å². The summed E-state index contributed by atoms with van der Waals surface area (Å²) in [5, 5.41) is 0.476. The fraction of sp³-hybridized carbons (Fsp3) is 0.235. The van der Waals surface area contributed by atoms with Crippen LogP contribution in [-0.2, 0) is 11.3 Å². The van der Waals surface area contributed by atoms with E-state index in [4.69, 9.17) is 21.1 Å². The van der Waals surface area contributed by atoms with E-state index in [0.717, 1.165) is 29.0 Å². The van der Waals surface area contributed by atoms with Crippen LogP contribution in [-0.4, -0.2) is 18.2 Å². The first-order chi connectivity index (χ1) is 10.3. The lowest BCUT2D eigenvalue weighted by molar-refractivity contribution is 0.161. The number of hydrogen-bond acceptors (Lipinski definition) is 3. The molecule has 1 aromatic carbocycles. The van der Waals surface area contributed by atoms with Crippen molar-refractivity contribution in [2.45, 2.75) is 13.0 Å². The Kier molecular flexibility index (Phi) is 4.53. The minimum Gasteiger partial charge on any atom is -0.487 e. The zero-order chi connectivity index (χ0) is 14.5. The average Bonchev–Trinajstić information content (AvgIpc) is 2.55. The molecule has 108 valence electrons. The monoisotopic (exact) mass is 301 g/mol. The van der Waals surface area contributed by atoms with Crippen LogP contribution in [0.15, 0.2) is 48.5 Å². The molecule has 0 fully saturated rings. The van der Waals surface area contributed by atoms with Gasteiger partial charge in [0, 0.05) is 0 Å². The van der Waals surface area contributed by atoms with Gasteiger partial charge in [-0.15, -0.1) is 0 Å². The summed E-state index contributed by atoms with van der Waals surface area (Å²) in [4.78, 5) is 4.43. The molecule has 0 atom stereocenters. The van der Waals surface area contributed by atoms with E-state index >= 15 is 0 Å². The molecule has 3 rings (SSSR count). The SMILES string of the molecule is Clc1ccc(OCc2ccccc2)c(C2=CCOCC2)n1. The summed E-state index contributed by atoms with van der Waals surface area (Å²) in [7, 11) is 0. The van der Waals surface area contributed by atoms with Gasteiger partial charge >= 0.3 is 0 Å². The van der Waals surface area contributed by atoms with E-state index in [2.05, 4.69) is 4.98 Å². The Morgan fingerprint density at radius 1 is 1.14 bits per heavy atom. The van der Waals surface area contributed by atoms with Crippen molar-refractivity contribution in [1.82, 2.24) is 4.98 Å². The Bertz CT molecular complexity index is 640. The van der Waals surface area contributed by atoms with Crippen molar-refractivity contribution in [3.63, 3.8) is 0 Å². The molecule has 0 aliphatic carbocycles. The van der Waals surface area contributed by atoms with Crippen LogP contribution in [0.5, 0.6) is 5.75 Å². The van der Waals surface area contributed by atoms with Gasteiger partial charge < -0.3 is 9.47 Å². The fourth-order valence-electron chi connectivity index (χ4n) is 2.25. The van der Waals surface area contributed by atoms with Crippen LogP contribution >= 0.6 is 11.6 Å². The molecule has 2 heterocycles. The molecule has 2 aromatic rings.